The van der Waals surface area contributed by atoms with Gasteiger partial charge in [-0.2, -0.15) is 0 Å². The summed E-state index contributed by atoms with van der Waals surface area (Å²) in [5.74, 6) is 1.09. The van der Waals surface area contributed by atoms with Crippen molar-refractivity contribution in [3.05, 3.63) is 71.3 Å². The Bertz CT molecular complexity index is 1160. The number of allylic oxidation sites excluding steroid dienone is 1. The largest absolute Gasteiger partial charge is 0.373 e. The van der Waals surface area contributed by atoms with Crippen LogP contribution in [0.5, 0.6) is 0 Å². The van der Waals surface area contributed by atoms with Crippen molar-refractivity contribution >= 4 is 24.2 Å². The molecule has 0 atom stereocenters. The fraction of sp³-hybridized carbons (Fsp3) is 0.379. The van der Waals surface area contributed by atoms with Gasteiger partial charge < -0.3 is 15.5 Å². The van der Waals surface area contributed by atoms with Crippen LogP contribution in [0.1, 0.15) is 31.0 Å². The topological polar surface area (TPSA) is 90.5 Å². The van der Waals surface area contributed by atoms with Crippen LogP contribution in [0.4, 0.5) is 5.82 Å². The standard InChI is InChI=1S/C29H38N6O2/c1-21(16-27-22(2)32-13-9-26(27)25-6-7-28(30-3)33-18-25)19-35-14-10-23(11-15-35)17-24(8-12-31-20-36)29(37)34(4)5/h6-9,12-13,16-18,20,23H,10-11,14-15,19H2,1-5H3,(H,30,33)(H,31,36)/b12-8-,21-16+,24-17+. The number of carbonyl (C=O) groups is 2. The third-order valence-electron chi connectivity index (χ3n) is 6.51. The maximum absolute atomic E-state index is 12.5. The highest BCUT2D eigenvalue weighted by Crippen LogP contribution is 2.28. The van der Waals surface area contributed by atoms with E-state index >= 15 is 0 Å². The van der Waals surface area contributed by atoms with Crippen molar-refractivity contribution in [2.24, 2.45) is 5.92 Å². The minimum absolute atomic E-state index is 0.0661. The Kier molecular flexibility index (Phi) is 10.1. The number of likely N-dealkylation sites (tertiary alicyclic amines) is 1. The molecule has 8 heteroatoms. The molecule has 0 unspecified atom stereocenters. The molecule has 2 N–H and O–H groups in total. The molecular formula is C29H38N6O2. The van der Waals surface area contributed by atoms with E-state index in [9.17, 15) is 9.59 Å². The van der Waals surface area contributed by atoms with Gasteiger partial charge in [-0.25, -0.2) is 4.98 Å². The highest BCUT2D eigenvalue weighted by Gasteiger charge is 2.20. The highest BCUT2D eigenvalue weighted by atomic mass is 16.2. The Labute approximate surface area is 220 Å². The van der Waals surface area contributed by atoms with E-state index in [1.807, 2.05) is 44.6 Å². The van der Waals surface area contributed by atoms with Crippen molar-refractivity contribution < 1.29 is 9.59 Å². The summed E-state index contributed by atoms with van der Waals surface area (Å²) in [5, 5.41) is 5.55. The number of amides is 2. The quantitative estimate of drug-likeness (QED) is 0.291. The Balaban J connectivity index is 1.68. The Morgan fingerprint density at radius 1 is 1.19 bits per heavy atom. The lowest BCUT2D eigenvalue weighted by atomic mass is 9.93. The minimum Gasteiger partial charge on any atom is -0.373 e. The number of nitrogens with one attached hydrogen (secondary N) is 2. The second-order valence-corrected chi connectivity index (χ2v) is 9.58. The smallest absolute Gasteiger partial charge is 0.253 e. The molecule has 0 bridgehead atoms. The van der Waals surface area contributed by atoms with E-state index in [0.717, 1.165) is 60.7 Å². The Hall–Kier alpha value is -3.78. The van der Waals surface area contributed by atoms with Crippen LogP contribution in [0.2, 0.25) is 0 Å². The van der Waals surface area contributed by atoms with Crippen molar-refractivity contribution in [2.45, 2.75) is 26.7 Å². The average Bonchev–Trinajstić information content (AvgIpc) is 2.90. The number of piperidine rings is 1. The van der Waals surface area contributed by atoms with Gasteiger partial charge in [0, 0.05) is 68.7 Å². The molecule has 1 aliphatic heterocycles. The first-order valence-corrected chi connectivity index (χ1v) is 12.6. The SMILES string of the molecule is CNc1ccc(-c2ccnc(C)c2/C=C(\C)CN2CCC(/C=C(\C=C/NC=O)C(=O)N(C)C)CC2)cn1. The molecule has 0 saturated carbocycles. The lowest BCUT2D eigenvalue weighted by Crippen LogP contribution is -2.34. The lowest BCUT2D eigenvalue weighted by molar-refractivity contribution is -0.124. The molecule has 1 saturated heterocycles. The van der Waals surface area contributed by atoms with Gasteiger partial charge in [-0.3, -0.25) is 19.5 Å². The molecular weight excluding hydrogens is 464 g/mol. The Morgan fingerprint density at radius 3 is 2.57 bits per heavy atom. The molecule has 1 fully saturated rings. The van der Waals surface area contributed by atoms with Crippen LogP contribution in [-0.2, 0) is 9.59 Å². The van der Waals surface area contributed by atoms with E-state index in [-0.39, 0.29) is 5.91 Å². The zero-order valence-corrected chi connectivity index (χ0v) is 22.5. The first-order valence-electron chi connectivity index (χ1n) is 12.6. The maximum atomic E-state index is 12.5. The van der Waals surface area contributed by atoms with Gasteiger partial charge in [0.05, 0.1) is 0 Å². The van der Waals surface area contributed by atoms with E-state index in [2.05, 4.69) is 44.6 Å². The average molecular weight is 503 g/mol. The molecule has 1 aliphatic rings. The van der Waals surface area contributed by atoms with Gasteiger partial charge in [0.2, 0.25) is 6.41 Å². The van der Waals surface area contributed by atoms with Gasteiger partial charge >= 0.3 is 0 Å². The van der Waals surface area contributed by atoms with Crippen LogP contribution < -0.4 is 10.6 Å². The summed E-state index contributed by atoms with van der Waals surface area (Å²) in [4.78, 5) is 36.1. The third-order valence-corrected chi connectivity index (χ3v) is 6.51. The van der Waals surface area contributed by atoms with E-state index in [4.69, 9.17) is 0 Å². The summed E-state index contributed by atoms with van der Waals surface area (Å²) in [6.45, 7) is 7.01. The number of hydrogen-bond donors (Lipinski definition) is 2. The summed E-state index contributed by atoms with van der Waals surface area (Å²) < 4.78 is 0. The summed E-state index contributed by atoms with van der Waals surface area (Å²) in [5.41, 5.74) is 6.19. The van der Waals surface area contributed by atoms with Crippen LogP contribution in [0.25, 0.3) is 17.2 Å². The maximum Gasteiger partial charge on any atom is 0.253 e. The highest BCUT2D eigenvalue weighted by molar-refractivity contribution is 5.95. The van der Waals surface area contributed by atoms with Crippen molar-refractivity contribution in [3.8, 4) is 11.1 Å². The Morgan fingerprint density at radius 2 is 1.95 bits per heavy atom. The number of pyridine rings is 2. The molecule has 37 heavy (non-hydrogen) atoms. The first-order chi connectivity index (χ1) is 17.8. The third kappa shape index (κ3) is 7.85. The van der Waals surface area contributed by atoms with Gasteiger partial charge in [0.15, 0.2) is 0 Å². The van der Waals surface area contributed by atoms with Gasteiger partial charge in [-0.1, -0.05) is 17.7 Å². The first kappa shape index (κ1) is 27.8. The molecule has 0 aromatic carbocycles. The van der Waals surface area contributed by atoms with E-state index < -0.39 is 0 Å². The fourth-order valence-electron chi connectivity index (χ4n) is 4.52. The number of carbonyl (C=O) groups excluding carboxylic acids is 2. The lowest BCUT2D eigenvalue weighted by Gasteiger charge is -2.31. The van der Waals surface area contributed by atoms with Gasteiger partial charge in [-0.15, -0.1) is 0 Å². The molecule has 2 aromatic rings. The van der Waals surface area contributed by atoms with E-state index in [1.54, 1.807) is 25.1 Å². The van der Waals surface area contributed by atoms with Crippen LogP contribution in [0.15, 0.2) is 60.1 Å². The molecule has 196 valence electrons. The van der Waals surface area contributed by atoms with Crippen LogP contribution >= 0.6 is 0 Å². The zero-order chi connectivity index (χ0) is 26.8. The number of likely N-dealkylation sites (N-methyl/N-ethyl adjacent to an activating group) is 1. The number of rotatable bonds is 10. The number of nitrogens with zero attached hydrogens (tertiary/aromatic N) is 4. The number of aromatic nitrogens is 2. The van der Waals surface area contributed by atoms with Gasteiger partial charge in [0.1, 0.15) is 5.82 Å². The van der Waals surface area contributed by atoms with Crippen LogP contribution in [0, 0.1) is 12.8 Å². The van der Waals surface area contributed by atoms with Crippen molar-refractivity contribution in [2.75, 3.05) is 46.1 Å². The number of hydrogen-bond acceptors (Lipinski definition) is 6. The molecule has 3 rings (SSSR count). The second kappa shape index (κ2) is 13.5. The summed E-state index contributed by atoms with van der Waals surface area (Å²) >= 11 is 0. The molecule has 2 aromatic heterocycles. The minimum atomic E-state index is -0.0661. The van der Waals surface area contributed by atoms with E-state index in [0.29, 0.717) is 17.9 Å². The summed E-state index contributed by atoms with van der Waals surface area (Å²) in [7, 11) is 5.33. The predicted molar refractivity (Wildman–Crippen MR) is 150 cm³/mol. The molecule has 0 spiro atoms. The van der Waals surface area contributed by atoms with Crippen molar-refractivity contribution in [3.63, 3.8) is 0 Å². The molecule has 8 nitrogen and oxygen atoms in total. The summed E-state index contributed by atoms with van der Waals surface area (Å²) in [6, 6.07) is 6.11. The molecule has 2 amide bonds. The monoisotopic (exact) mass is 502 g/mol. The van der Waals surface area contributed by atoms with Crippen molar-refractivity contribution in [1.82, 2.24) is 25.1 Å². The normalized spacial score (nSPS) is 15.6. The molecule has 0 aliphatic carbocycles. The second-order valence-electron chi connectivity index (χ2n) is 9.58. The van der Waals surface area contributed by atoms with Gasteiger partial charge in [-0.05, 0) is 75.5 Å². The molecule has 3 heterocycles. The van der Waals surface area contributed by atoms with Crippen molar-refractivity contribution in [1.29, 1.82) is 0 Å². The zero-order valence-electron chi connectivity index (χ0n) is 22.5. The number of aryl methyl sites for hydroxylation is 1. The summed E-state index contributed by atoms with van der Waals surface area (Å²) in [6.07, 6.45) is 13.8. The number of anilines is 1. The van der Waals surface area contributed by atoms with Crippen LogP contribution in [0.3, 0.4) is 0 Å². The predicted octanol–water partition coefficient (Wildman–Crippen LogP) is 3.88. The van der Waals surface area contributed by atoms with Crippen LogP contribution in [-0.4, -0.2) is 72.9 Å². The molecule has 0 radical (unpaired) electrons. The van der Waals surface area contributed by atoms with Gasteiger partial charge in [0.25, 0.3) is 5.91 Å². The fourth-order valence-corrected chi connectivity index (χ4v) is 4.52. The van der Waals surface area contributed by atoms with E-state index in [1.165, 1.54) is 11.8 Å².